The number of rotatable bonds is 7. The van der Waals surface area contributed by atoms with E-state index >= 15 is 0 Å². The molecule has 0 aromatic heterocycles. The molecule has 2 nitrogen and oxygen atoms in total. The summed E-state index contributed by atoms with van der Waals surface area (Å²) in [5, 5.41) is 0. The molecule has 0 bridgehead atoms. The lowest BCUT2D eigenvalue weighted by Crippen LogP contribution is -2.36. The zero-order valence-corrected chi connectivity index (χ0v) is 15.7. The molecular formula is C21H38O2. The second-order valence-electron chi connectivity index (χ2n) is 8.46. The first-order chi connectivity index (χ1) is 11.1. The molecule has 0 N–H and O–H groups in total. The van der Waals surface area contributed by atoms with Crippen molar-refractivity contribution >= 4 is 5.97 Å². The van der Waals surface area contributed by atoms with Gasteiger partial charge in [-0.1, -0.05) is 52.9 Å². The monoisotopic (exact) mass is 322 g/mol. The van der Waals surface area contributed by atoms with Crippen molar-refractivity contribution in [3.63, 3.8) is 0 Å². The van der Waals surface area contributed by atoms with Crippen LogP contribution in [-0.4, -0.2) is 12.6 Å². The minimum absolute atomic E-state index is 0.0761. The molecule has 23 heavy (non-hydrogen) atoms. The zero-order chi connectivity index (χ0) is 16.7. The molecule has 2 aliphatic rings. The molecule has 0 atom stereocenters. The highest BCUT2D eigenvalue weighted by molar-refractivity contribution is 5.72. The van der Waals surface area contributed by atoms with E-state index in [1.807, 2.05) is 0 Å². The Morgan fingerprint density at radius 1 is 1.00 bits per heavy atom. The fourth-order valence-electron chi connectivity index (χ4n) is 4.91. The lowest BCUT2D eigenvalue weighted by atomic mass is 9.60. The van der Waals surface area contributed by atoms with Gasteiger partial charge in [-0.05, 0) is 62.2 Å². The van der Waals surface area contributed by atoms with Crippen molar-refractivity contribution in [1.82, 2.24) is 0 Å². The molecule has 0 aromatic carbocycles. The molecule has 0 amide bonds. The van der Waals surface area contributed by atoms with E-state index < -0.39 is 0 Å². The summed E-state index contributed by atoms with van der Waals surface area (Å²) in [7, 11) is 0. The molecule has 0 saturated heterocycles. The Kier molecular flexibility index (Phi) is 7.43. The zero-order valence-electron chi connectivity index (χ0n) is 15.7. The van der Waals surface area contributed by atoms with Crippen molar-refractivity contribution < 1.29 is 9.53 Å². The first-order valence-corrected chi connectivity index (χ1v) is 10.3. The van der Waals surface area contributed by atoms with Crippen molar-refractivity contribution in [2.75, 3.05) is 6.61 Å². The SMILES string of the molecule is CCCCOC(=O)C1CCC(C)(C2CCC(CCC)CC2)CC1. The van der Waals surface area contributed by atoms with Crippen LogP contribution in [0.25, 0.3) is 0 Å². The third-order valence-electron chi connectivity index (χ3n) is 6.73. The predicted octanol–water partition coefficient (Wildman–Crippen LogP) is 6.13. The molecule has 0 heterocycles. The highest BCUT2D eigenvalue weighted by Crippen LogP contribution is 2.50. The van der Waals surface area contributed by atoms with E-state index in [9.17, 15) is 4.79 Å². The normalized spacial score (nSPS) is 35.0. The van der Waals surface area contributed by atoms with Gasteiger partial charge in [-0.3, -0.25) is 4.79 Å². The first-order valence-electron chi connectivity index (χ1n) is 10.3. The Balaban J connectivity index is 1.75. The molecule has 0 aliphatic heterocycles. The first kappa shape index (κ1) is 18.8. The number of carbonyl (C=O) groups excluding carboxylic acids is 1. The average molecular weight is 323 g/mol. The fraction of sp³-hybridized carbons (Fsp3) is 0.952. The lowest BCUT2D eigenvalue weighted by Gasteiger charge is -2.45. The van der Waals surface area contributed by atoms with Gasteiger partial charge in [0, 0.05) is 0 Å². The van der Waals surface area contributed by atoms with Gasteiger partial charge < -0.3 is 4.74 Å². The third kappa shape index (κ3) is 5.22. The number of ether oxygens (including phenoxy) is 1. The molecule has 2 saturated carbocycles. The Labute approximate surface area is 143 Å². The molecule has 2 heteroatoms. The van der Waals surface area contributed by atoms with Crippen LogP contribution in [0.5, 0.6) is 0 Å². The van der Waals surface area contributed by atoms with E-state index in [4.69, 9.17) is 4.74 Å². The maximum atomic E-state index is 12.2. The van der Waals surface area contributed by atoms with Gasteiger partial charge in [0.1, 0.15) is 0 Å². The van der Waals surface area contributed by atoms with Crippen LogP contribution in [0.4, 0.5) is 0 Å². The van der Waals surface area contributed by atoms with Crippen molar-refractivity contribution in [3.05, 3.63) is 0 Å². The van der Waals surface area contributed by atoms with E-state index in [1.54, 1.807) is 0 Å². The maximum Gasteiger partial charge on any atom is 0.308 e. The summed E-state index contributed by atoms with van der Waals surface area (Å²) in [5.74, 6) is 2.14. The highest BCUT2D eigenvalue weighted by Gasteiger charge is 2.41. The minimum atomic E-state index is 0.0761. The molecule has 0 spiro atoms. The van der Waals surface area contributed by atoms with E-state index in [-0.39, 0.29) is 11.9 Å². The highest BCUT2D eigenvalue weighted by atomic mass is 16.5. The summed E-state index contributed by atoms with van der Waals surface area (Å²) >= 11 is 0. The molecule has 0 unspecified atom stereocenters. The Morgan fingerprint density at radius 2 is 1.65 bits per heavy atom. The topological polar surface area (TPSA) is 26.3 Å². The van der Waals surface area contributed by atoms with Crippen molar-refractivity contribution in [2.45, 2.75) is 97.8 Å². The van der Waals surface area contributed by atoms with Crippen LogP contribution < -0.4 is 0 Å². The molecule has 2 fully saturated rings. The summed E-state index contributed by atoms with van der Waals surface area (Å²) in [6, 6.07) is 0. The van der Waals surface area contributed by atoms with Gasteiger partial charge >= 0.3 is 5.97 Å². The predicted molar refractivity (Wildman–Crippen MR) is 96.3 cm³/mol. The lowest BCUT2D eigenvalue weighted by molar-refractivity contribution is -0.151. The third-order valence-corrected chi connectivity index (χ3v) is 6.73. The molecule has 2 aliphatic carbocycles. The van der Waals surface area contributed by atoms with Gasteiger partial charge in [0.15, 0.2) is 0 Å². The number of carbonyl (C=O) groups is 1. The average Bonchev–Trinajstić information content (AvgIpc) is 2.56. The van der Waals surface area contributed by atoms with Gasteiger partial charge in [0.05, 0.1) is 12.5 Å². The van der Waals surface area contributed by atoms with Crippen LogP contribution in [0.15, 0.2) is 0 Å². The van der Waals surface area contributed by atoms with E-state index in [0.29, 0.717) is 12.0 Å². The van der Waals surface area contributed by atoms with Crippen LogP contribution in [0.1, 0.15) is 97.8 Å². The van der Waals surface area contributed by atoms with Crippen LogP contribution in [0.3, 0.4) is 0 Å². The number of esters is 1. The molecular weight excluding hydrogens is 284 g/mol. The van der Waals surface area contributed by atoms with Crippen molar-refractivity contribution in [1.29, 1.82) is 0 Å². The van der Waals surface area contributed by atoms with E-state index in [1.165, 1.54) is 51.4 Å². The summed E-state index contributed by atoms with van der Waals surface area (Å²) < 4.78 is 5.44. The number of unbranched alkanes of at least 4 members (excludes halogenated alkanes) is 1. The Morgan fingerprint density at radius 3 is 2.22 bits per heavy atom. The van der Waals surface area contributed by atoms with Crippen molar-refractivity contribution in [3.8, 4) is 0 Å². The van der Waals surface area contributed by atoms with E-state index in [2.05, 4.69) is 20.8 Å². The van der Waals surface area contributed by atoms with Crippen LogP contribution in [-0.2, 0) is 9.53 Å². The van der Waals surface area contributed by atoms with Crippen LogP contribution in [0, 0.1) is 23.2 Å². The molecule has 0 aromatic rings. The Hall–Kier alpha value is -0.530. The summed E-state index contributed by atoms with van der Waals surface area (Å²) in [5.41, 5.74) is 0.484. The summed E-state index contributed by atoms with van der Waals surface area (Å²) in [4.78, 5) is 12.2. The summed E-state index contributed by atoms with van der Waals surface area (Å²) in [6.45, 7) is 7.56. The van der Waals surface area contributed by atoms with Gasteiger partial charge in [0.25, 0.3) is 0 Å². The number of hydrogen-bond acceptors (Lipinski definition) is 2. The largest absolute Gasteiger partial charge is 0.465 e. The maximum absolute atomic E-state index is 12.2. The molecule has 2 rings (SSSR count). The van der Waals surface area contributed by atoms with Crippen molar-refractivity contribution in [2.24, 2.45) is 23.2 Å². The molecule has 0 radical (unpaired) electrons. The second-order valence-corrected chi connectivity index (χ2v) is 8.46. The standard InChI is InChI=1S/C21H38O2/c1-4-6-16-23-20(22)18-12-14-21(3,15-13-18)19-10-8-17(7-5-2)9-11-19/h17-19H,4-16H2,1-3H3. The number of hydrogen-bond donors (Lipinski definition) is 0. The quantitative estimate of drug-likeness (QED) is 0.416. The summed E-state index contributed by atoms with van der Waals surface area (Å²) in [6.07, 6.45) is 15.1. The van der Waals surface area contributed by atoms with Gasteiger partial charge in [-0.25, -0.2) is 0 Å². The second kappa shape index (κ2) is 9.08. The van der Waals surface area contributed by atoms with E-state index in [0.717, 1.165) is 37.5 Å². The van der Waals surface area contributed by atoms with Crippen LogP contribution >= 0.6 is 0 Å². The van der Waals surface area contributed by atoms with Gasteiger partial charge in [0.2, 0.25) is 0 Å². The Bertz CT molecular complexity index is 347. The van der Waals surface area contributed by atoms with Crippen LogP contribution in [0.2, 0.25) is 0 Å². The fourth-order valence-corrected chi connectivity index (χ4v) is 4.91. The van der Waals surface area contributed by atoms with Gasteiger partial charge in [-0.2, -0.15) is 0 Å². The minimum Gasteiger partial charge on any atom is -0.465 e. The van der Waals surface area contributed by atoms with Gasteiger partial charge in [-0.15, -0.1) is 0 Å². The smallest absolute Gasteiger partial charge is 0.308 e. The molecule has 134 valence electrons.